The van der Waals surface area contributed by atoms with Crippen molar-refractivity contribution >= 4 is 21.8 Å². The first-order chi connectivity index (χ1) is 8.66. The molecule has 1 aromatic carbocycles. The molecule has 1 N–H and O–H groups in total. The van der Waals surface area contributed by atoms with Gasteiger partial charge in [-0.15, -0.1) is 0 Å². The molecular weight excluding hydrogens is 292 g/mol. The Morgan fingerprint density at radius 2 is 2.06 bits per heavy atom. The van der Waals surface area contributed by atoms with Crippen molar-refractivity contribution in [3.8, 4) is 0 Å². The molecule has 0 radical (unpaired) electrons. The van der Waals surface area contributed by atoms with Crippen molar-refractivity contribution in [2.24, 2.45) is 0 Å². The molecule has 0 fully saturated rings. The third kappa shape index (κ3) is 3.17. The van der Waals surface area contributed by atoms with Crippen LogP contribution in [0.25, 0.3) is 0 Å². The van der Waals surface area contributed by atoms with Gasteiger partial charge in [0.2, 0.25) is 0 Å². The average Bonchev–Trinajstić information content (AvgIpc) is 2.38. The molecule has 92 valence electrons. The molecule has 0 aliphatic rings. The quantitative estimate of drug-likeness (QED) is 0.947. The Morgan fingerprint density at radius 3 is 2.72 bits per heavy atom. The Balaban J connectivity index is 2.02. The van der Waals surface area contributed by atoms with E-state index in [9.17, 15) is 4.79 Å². The summed E-state index contributed by atoms with van der Waals surface area (Å²) in [5.74, 6) is -0.0836. The van der Waals surface area contributed by atoms with Crippen LogP contribution in [-0.2, 0) is 6.54 Å². The fraction of sp³-hybridized carbons (Fsp3) is 0.143. The van der Waals surface area contributed by atoms with Gasteiger partial charge in [-0.05, 0) is 46.6 Å². The van der Waals surface area contributed by atoms with E-state index in [4.69, 9.17) is 0 Å². The van der Waals surface area contributed by atoms with Gasteiger partial charge < -0.3 is 5.32 Å². The van der Waals surface area contributed by atoms with Crippen LogP contribution < -0.4 is 5.32 Å². The van der Waals surface area contributed by atoms with Crippen molar-refractivity contribution in [2.45, 2.75) is 13.5 Å². The summed E-state index contributed by atoms with van der Waals surface area (Å²) in [6.07, 6.45) is 1.73. The van der Waals surface area contributed by atoms with Gasteiger partial charge in [0.15, 0.2) is 0 Å². The molecule has 2 rings (SSSR count). The third-order valence-electron chi connectivity index (χ3n) is 2.61. The summed E-state index contributed by atoms with van der Waals surface area (Å²) in [5, 5.41) is 2.86. The smallest absolute Gasteiger partial charge is 0.251 e. The van der Waals surface area contributed by atoms with Crippen molar-refractivity contribution in [3.05, 3.63) is 63.9 Å². The van der Waals surface area contributed by atoms with Crippen molar-refractivity contribution in [1.29, 1.82) is 0 Å². The zero-order valence-electron chi connectivity index (χ0n) is 9.98. The van der Waals surface area contributed by atoms with Crippen LogP contribution in [0.2, 0.25) is 0 Å². The second-order valence-electron chi connectivity index (χ2n) is 3.97. The molecule has 1 amide bonds. The Morgan fingerprint density at radius 1 is 1.33 bits per heavy atom. The number of nitrogens with zero attached hydrogens (tertiary/aromatic N) is 1. The maximum absolute atomic E-state index is 11.8. The van der Waals surface area contributed by atoms with Crippen molar-refractivity contribution in [1.82, 2.24) is 10.3 Å². The van der Waals surface area contributed by atoms with Crippen molar-refractivity contribution < 1.29 is 4.79 Å². The summed E-state index contributed by atoms with van der Waals surface area (Å²) in [6.45, 7) is 2.41. The van der Waals surface area contributed by atoms with Crippen LogP contribution in [0.1, 0.15) is 21.6 Å². The van der Waals surface area contributed by atoms with Gasteiger partial charge in [-0.1, -0.05) is 18.2 Å². The van der Waals surface area contributed by atoms with Crippen LogP contribution >= 0.6 is 15.9 Å². The summed E-state index contributed by atoms with van der Waals surface area (Å²) in [4.78, 5) is 16.1. The van der Waals surface area contributed by atoms with E-state index in [1.54, 1.807) is 18.3 Å². The predicted molar refractivity (Wildman–Crippen MR) is 74.3 cm³/mol. The van der Waals surface area contributed by atoms with Crippen LogP contribution in [0.15, 0.2) is 47.1 Å². The highest BCUT2D eigenvalue weighted by molar-refractivity contribution is 9.10. The van der Waals surface area contributed by atoms with Crippen LogP contribution in [0.5, 0.6) is 0 Å². The molecule has 0 saturated heterocycles. The predicted octanol–water partition coefficient (Wildman–Crippen LogP) is 3.08. The SMILES string of the molecule is Cc1cc(Br)cnc1CNC(=O)c1ccccc1. The number of nitrogens with one attached hydrogen (secondary N) is 1. The molecule has 0 aliphatic heterocycles. The summed E-state index contributed by atoms with van der Waals surface area (Å²) in [5.41, 5.74) is 2.59. The van der Waals surface area contributed by atoms with Crippen molar-refractivity contribution in [2.75, 3.05) is 0 Å². The van der Waals surface area contributed by atoms with Crippen LogP contribution in [0, 0.1) is 6.92 Å². The zero-order chi connectivity index (χ0) is 13.0. The van der Waals surface area contributed by atoms with Gasteiger partial charge in [0.1, 0.15) is 0 Å². The highest BCUT2D eigenvalue weighted by Gasteiger charge is 2.06. The van der Waals surface area contributed by atoms with Gasteiger partial charge >= 0.3 is 0 Å². The first-order valence-corrected chi connectivity index (χ1v) is 6.40. The summed E-state index contributed by atoms with van der Waals surface area (Å²) in [7, 11) is 0. The molecule has 1 heterocycles. The number of aryl methyl sites for hydroxylation is 1. The molecule has 1 aromatic heterocycles. The molecule has 0 aliphatic carbocycles. The lowest BCUT2D eigenvalue weighted by Crippen LogP contribution is -2.23. The Bertz CT molecular complexity index is 555. The maximum Gasteiger partial charge on any atom is 0.251 e. The van der Waals surface area contributed by atoms with Gasteiger partial charge in [0, 0.05) is 16.2 Å². The number of rotatable bonds is 3. The first kappa shape index (κ1) is 12.8. The zero-order valence-corrected chi connectivity index (χ0v) is 11.6. The van der Waals surface area contributed by atoms with Gasteiger partial charge in [-0.2, -0.15) is 0 Å². The van der Waals surface area contributed by atoms with E-state index in [0.29, 0.717) is 12.1 Å². The number of benzene rings is 1. The van der Waals surface area contributed by atoms with E-state index in [-0.39, 0.29) is 5.91 Å². The maximum atomic E-state index is 11.8. The minimum Gasteiger partial charge on any atom is -0.346 e. The number of amides is 1. The molecule has 2 aromatic rings. The Labute approximate surface area is 114 Å². The van der Waals surface area contributed by atoms with Crippen LogP contribution in [-0.4, -0.2) is 10.9 Å². The number of carbonyl (C=O) groups is 1. The molecule has 0 atom stereocenters. The fourth-order valence-electron chi connectivity index (χ4n) is 1.61. The van der Waals surface area contributed by atoms with E-state index in [1.807, 2.05) is 31.2 Å². The number of pyridine rings is 1. The monoisotopic (exact) mass is 304 g/mol. The Hall–Kier alpha value is -1.68. The third-order valence-corrected chi connectivity index (χ3v) is 3.04. The molecule has 0 saturated carbocycles. The van der Waals surface area contributed by atoms with Crippen molar-refractivity contribution in [3.63, 3.8) is 0 Å². The summed E-state index contributed by atoms with van der Waals surface area (Å²) < 4.78 is 0.943. The minimum atomic E-state index is -0.0836. The fourth-order valence-corrected chi connectivity index (χ4v) is 2.06. The average molecular weight is 305 g/mol. The number of aromatic nitrogens is 1. The molecule has 3 nitrogen and oxygen atoms in total. The number of carbonyl (C=O) groups excluding carboxylic acids is 1. The van der Waals surface area contributed by atoms with Gasteiger partial charge in [0.25, 0.3) is 5.91 Å². The number of hydrogen-bond donors (Lipinski definition) is 1. The Kier molecular flexibility index (Phi) is 4.10. The minimum absolute atomic E-state index is 0.0836. The lowest BCUT2D eigenvalue weighted by atomic mass is 10.2. The van der Waals surface area contributed by atoms with E-state index in [1.165, 1.54) is 0 Å². The molecule has 0 unspecified atom stereocenters. The summed E-state index contributed by atoms with van der Waals surface area (Å²) in [6, 6.07) is 11.1. The van der Waals surface area contributed by atoms with Crippen LogP contribution in [0.4, 0.5) is 0 Å². The largest absolute Gasteiger partial charge is 0.346 e. The topological polar surface area (TPSA) is 42.0 Å². The lowest BCUT2D eigenvalue weighted by molar-refractivity contribution is 0.0950. The second-order valence-corrected chi connectivity index (χ2v) is 4.88. The van der Waals surface area contributed by atoms with Crippen LogP contribution in [0.3, 0.4) is 0 Å². The summed E-state index contributed by atoms with van der Waals surface area (Å²) >= 11 is 3.36. The number of hydrogen-bond acceptors (Lipinski definition) is 2. The van der Waals surface area contributed by atoms with E-state index in [0.717, 1.165) is 15.7 Å². The highest BCUT2D eigenvalue weighted by atomic mass is 79.9. The number of halogens is 1. The molecule has 0 spiro atoms. The standard InChI is InChI=1S/C14H13BrN2O/c1-10-7-12(15)8-16-13(10)9-17-14(18)11-5-3-2-4-6-11/h2-8H,9H2,1H3,(H,17,18). The van der Waals surface area contributed by atoms with Gasteiger partial charge in [-0.25, -0.2) is 0 Å². The molecule has 0 bridgehead atoms. The highest BCUT2D eigenvalue weighted by Crippen LogP contribution is 2.12. The van der Waals surface area contributed by atoms with E-state index < -0.39 is 0 Å². The van der Waals surface area contributed by atoms with Gasteiger partial charge in [-0.3, -0.25) is 9.78 Å². The van der Waals surface area contributed by atoms with E-state index >= 15 is 0 Å². The lowest BCUT2D eigenvalue weighted by Gasteiger charge is -2.07. The first-order valence-electron chi connectivity index (χ1n) is 5.61. The normalized spacial score (nSPS) is 10.1. The second kappa shape index (κ2) is 5.78. The van der Waals surface area contributed by atoms with E-state index in [2.05, 4.69) is 26.2 Å². The molecule has 18 heavy (non-hydrogen) atoms. The van der Waals surface area contributed by atoms with Gasteiger partial charge in [0.05, 0.1) is 12.2 Å². The molecule has 4 heteroatoms. The molecular formula is C14H13BrN2O.